The predicted molar refractivity (Wildman–Crippen MR) is 208 cm³/mol. The molecule has 6 rings (SSSR count). The first-order chi connectivity index (χ1) is 25.6. The Labute approximate surface area is 317 Å². The Kier molecular flexibility index (Phi) is 11.4. The zero-order valence-electron chi connectivity index (χ0n) is 32.6. The second-order valence-electron chi connectivity index (χ2n) is 17.1. The number of aromatic nitrogens is 2. The van der Waals surface area contributed by atoms with Crippen LogP contribution in [-0.2, 0) is 48.2 Å². The summed E-state index contributed by atoms with van der Waals surface area (Å²) in [6, 6.07) is 13.5. The molecule has 1 N–H and O–H groups in total. The number of piperidine rings is 2. The molecule has 3 aliphatic heterocycles. The number of imidazole rings is 1. The molecule has 4 heterocycles. The quantitative estimate of drug-likeness (QED) is 0.103. The van der Waals surface area contributed by atoms with E-state index in [2.05, 4.69) is 25.0 Å². The second kappa shape index (κ2) is 15.7. The summed E-state index contributed by atoms with van der Waals surface area (Å²) in [5.74, 6) is -1.00. The largest absolute Gasteiger partial charge is 0.460 e. The van der Waals surface area contributed by atoms with Gasteiger partial charge >= 0.3 is 17.8 Å². The van der Waals surface area contributed by atoms with Gasteiger partial charge < -0.3 is 24.4 Å². The first-order valence-corrected chi connectivity index (χ1v) is 22.9. The third kappa shape index (κ3) is 8.59. The summed E-state index contributed by atoms with van der Waals surface area (Å²) < 4.78 is 20.6. The van der Waals surface area contributed by atoms with Crippen LogP contribution in [0.4, 0.5) is 10.5 Å². The number of aryl methyl sites for hydroxylation is 1. The Morgan fingerprint density at radius 1 is 0.981 bits per heavy atom. The third-order valence-corrected chi connectivity index (χ3v) is 12.5. The molecule has 13 nitrogen and oxygen atoms in total. The van der Waals surface area contributed by atoms with Crippen molar-refractivity contribution in [2.45, 2.75) is 110 Å². The molecular weight excluding hydrogens is 707 g/mol. The van der Waals surface area contributed by atoms with E-state index in [1.807, 2.05) is 63.2 Å². The van der Waals surface area contributed by atoms with Crippen LogP contribution in [0.3, 0.4) is 0 Å². The molecule has 2 saturated heterocycles. The van der Waals surface area contributed by atoms with Gasteiger partial charge in [0.05, 0.1) is 22.1 Å². The Bertz CT molecular complexity index is 1940. The number of esters is 1. The molecule has 0 aliphatic carbocycles. The lowest BCUT2D eigenvalue weighted by molar-refractivity contribution is -0.161. The SMILES string of the molecule is CC(C)(C)OC(=O)N1CCC(CCc2ccc3c4c2NCCn4c(=O)n3C2CCC(=O)N(COCC[Si](C)(C)C)C2=O)(C(=O)OCc2ccccc2)CC1. The molecule has 0 radical (unpaired) electrons. The highest BCUT2D eigenvalue weighted by Gasteiger charge is 2.44. The summed E-state index contributed by atoms with van der Waals surface area (Å²) in [6.07, 6.45) is 1.83. The molecular formula is C40H55N5O8Si. The fourth-order valence-corrected chi connectivity index (χ4v) is 8.36. The van der Waals surface area contributed by atoms with E-state index in [1.165, 1.54) is 0 Å². The van der Waals surface area contributed by atoms with Crippen LogP contribution in [0.5, 0.6) is 0 Å². The van der Waals surface area contributed by atoms with Gasteiger partial charge in [-0.3, -0.25) is 28.4 Å². The van der Waals surface area contributed by atoms with Gasteiger partial charge in [0.15, 0.2) is 0 Å². The zero-order valence-corrected chi connectivity index (χ0v) is 33.6. The van der Waals surface area contributed by atoms with Gasteiger partial charge in [-0.05, 0) is 76.1 Å². The van der Waals surface area contributed by atoms with Crippen molar-refractivity contribution in [1.82, 2.24) is 18.9 Å². The molecule has 1 unspecified atom stereocenters. The van der Waals surface area contributed by atoms with Gasteiger partial charge in [0.2, 0.25) is 5.91 Å². The van der Waals surface area contributed by atoms with Gasteiger partial charge in [0.1, 0.15) is 25.0 Å². The van der Waals surface area contributed by atoms with Crippen LogP contribution < -0.4 is 11.0 Å². The number of hydrogen-bond acceptors (Lipinski definition) is 9. The Morgan fingerprint density at radius 2 is 1.70 bits per heavy atom. The van der Waals surface area contributed by atoms with E-state index in [4.69, 9.17) is 14.2 Å². The number of nitrogens with one attached hydrogen (secondary N) is 1. The van der Waals surface area contributed by atoms with Crippen molar-refractivity contribution < 1.29 is 33.4 Å². The molecule has 292 valence electrons. The highest BCUT2D eigenvalue weighted by molar-refractivity contribution is 6.76. The average Bonchev–Trinajstić information content (AvgIpc) is 3.41. The van der Waals surface area contributed by atoms with Gasteiger partial charge in [-0.25, -0.2) is 9.59 Å². The van der Waals surface area contributed by atoms with Gasteiger partial charge in [0.25, 0.3) is 5.91 Å². The van der Waals surface area contributed by atoms with Crippen molar-refractivity contribution >= 4 is 48.7 Å². The highest BCUT2D eigenvalue weighted by atomic mass is 28.3. The van der Waals surface area contributed by atoms with E-state index in [0.29, 0.717) is 69.5 Å². The lowest BCUT2D eigenvalue weighted by Gasteiger charge is -2.40. The number of carbonyl (C=O) groups is 4. The van der Waals surface area contributed by atoms with Crippen LogP contribution in [0.2, 0.25) is 25.7 Å². The predicted octanol–water partition coefficient (Wildman–Crippen LogP) is 5.92. The monoisotopic (exact) mass is 761 g/mol. The van der Waals surface area contributed by atoms with E-state index in [-0.39, 0.29) is 43.7 Å². The molecule has 2 aromatic carbocycles. The number of benzene rings is 2. The van der Waals surface area contributed by atoms with Crippen LogP contribution in [-0.4, -0.2) is 89.5 Å². The van der Waals surface area contributed by atoms with Crippen molar-refractivity contribution in [2.75, 3.05) is 38.3 Å². The number of likely N-dealkylation sites (tertiary alicyclic amines) is 2. The smallest absolute Gasteiger partial charge is 0.410 e. The fourth-order valence-electron chi connectivity index (χ4n) is 7.61. The number of rotatable bonds is 12. The van der Waals surface area contributed by atoms with Crippen LogP contribution in [0.25, 0.3) is 11.0 Å². The molecule has 0 bridgehead atoms. The van der Waals surface area contributed by atoms with Crippen molar-refractivity contribution in [1.29, 1.82) is 0 Å². The van der Waals surface area contributed by atoms with Gasteiger partial charge in [-0.1, -0.05) is 56.0 Å². The molecule has 2 fully saturated rings. The second-order valence-corrected chi connectivity index (χ2v) is 22.7. The molecule has 3 aliphatic rings. The van der Waals surface area contributed by atoms with Crippen LogP contribution in [0.1, 0.15) is 70.0 Å². The number of carbonyl (C=O) groups excluding carboxylic acids is 4. The lowest BCUT2D eigenvalue weighted by atomic mass is 9.74. The third-order valence-electron chi connectivity index (χ3n) is 10.7. The summed E-state index contributed by atoms with van der Waals surface area (Å²) >= 11 is 0. The van der Waals surface area contributed by atoms with Crippen LogP contribution in [0, 0.1) is 5.41 Å². The molecule has 14 heteroatoms. The lowest BCUT2D eigenvalue weighted by Crippen LogP contribution is -2.48. The molecule has 1 atom stereocenters. The minimum absolute atomic E-state index is 0.117. The number of imide groups is 1. The van der Waals surface area contributed by atoms with Crippen LogP contribution in [0.15, 0.2) is 47.3 Å². The maximum atomic E-state index is 14.0. The topological polar surface area (TPSA) is 141 Å². The van der Waals surface area contributed by atoms with E-state index in [1.54, 1.807) is 14.0 Å². The van der Waals surface area contributed by atoms with Crippen LogP contribution >= 0.6 is 0 Å². The van der Waals surface area contributed by atoms with E-state index < -0.39 is 37.1 Å². The van der Waals surface area contributed by atoms with E-state index >= 15 is 0 Å². The fraction of sp³-hybridized carbons (Fsp3) is 0.575. The van der Waals surface area contributed by atoms with Crippen molar-refractivity contribution in [3.63, 3.8) is 0 Å². The molecule has 3 aromatic rings. The molecule has 0 spiro atoms. The van der Waals surface area contributed by atoms with Crippen molar-refractivity contribution in [2.24, 2.45) is 5.41 Å². The Hall–Kier alpha value is -4.43. The number of ether oxygens (including phenoxy) is 3. The maximum absolute atomic E-state index is 14.0. The molecule has 1 aromatic heterocycles. The van der Waals surface area contributed by atoms with Gasteiger partial charge in [-0.2, -0.15) is 0 Å². The zero-order chi connectivity index (χ0) is 38.8. The maximum Gasteiger partial charge on any atom is 0.410 e. The van der Waals surface area contributed by atoms with Crippen molar-refractivity contribution in [3.05, 3.63) is 64.1 Å². The minimum Gasteiger partial charge on any atom is -0.460 e. The number of amides is 3. The minimum atomic E-state index is -1.35. The summed E-state index contributed by atoms with van der Waals surface area (Å²) in [5.41, 5.74) is 2.24. The number of anilines is 1. The molecule has 0 saturated carbocycles. The van der Waals surface area contributed by atoms with E-state index in [9.17, 15) is 24.0 Å². The molecule has 3 amide bonds. The summed E-state index contributed by atoms with van der Waals surface area (Å²) in [5, 5.41) is 3.51. The van der Waals surface area contributed by atoms with Gasteiger partial charge in [-0.15, -0.1) is 0 Å². The van der Waals surface area contributed by atoms with E-state index in [0.717, 1.165) is 27.8 Å². The summed E-state index contributed by atoms with van der Waals surface area (Å²) in [6.45, 7) is 14.4. The highest BCUT2D eigenvalue weighted by Crippen LogP contribution is 2.41. The summed E-state index contributed by atoms with van der Waals surface area (Å²) in [4.78, 5) is 70.5. The number of hydrogen-bond donors (Lipinski definition) is 1. The molecule has 54 heavy (non-hydrogen) atoms. The van der Waals surface area contributed by atoms with Gasteiger partial charge in [0, 0.05) is 47.3 Å². The number of nitrogens with zero attached hydrogens (tertiary/aromatic N) is 4. The Morgan fingerprint density at radius 3 is 2.39 bits per heavy atom. The standard InChI is InChI=1S/C40H55N5O8Si/c1-39(2,3)53-38(50)42-21-18-40(19-22-42,36(48)52-26-28-10-8-7-9-11-28)17-16-29-12-13-30-34-33(29)41-20-23-43(34)37(49)45(30)31-14-15-32(46)44(35(31)47)27-51-24-25-54(4,5)6/h7-13,31,41H,14-27H2,1-6H3. The first kappa shape index (κ1) is 39.3. The summed E-state index contributed by atoms with van der Waals surface area (Å²) in [7, 11) is -1.35. The first-order valence-electron chi connectivity index (χ1n) is 19.2. The average molecular weight is 762 g/mol. The Balaban J connectivity index is 1.24. The van der Waals surface area contributed by atoms with Crippen molar-refractivity contribution in [3.8, 4) is 0 Å². The normalized spacial score (nSPS) is 18.8.